The van der Waals surface area contributed by atoms with E-state index >= 15 is 0 Å². The maximum Gasteiger partial charge on any atom is 0.415 e. The van der Waals surface area contributed by atoms with Crippen LogP contribution in [-0.4, -0.2) is 78.4 Å². The molecule has 2 heterocycles. The van der Waals surface area contributed by atoms with Gasteiger partial charge in [0.15, 0.2) is 6.10 Å². The van der Waals surface area contributed by atoms with Gasteiger partial charge in [-0.05, 0) is 19.4 Å². The van der Waals surface area contributed by atoms with E-state index in [1.165, 1.54) is 4.90 Å². The van der Waals surface area contributed by atoms with Gasteiger partial charge in [0.2, 0.25) is 5.91 Å². The highest BCUT2D eigenvalue weighted by molar-refractivity contribution is 5.82. The predicted molar refractivity (Wildman–Crippen MR) is 66.1 cm³/mol. The van der Waals surface area contributed by atoms with Crippen LogP contribution < -0.4 is 5.32 Å². The number of aliphatic hydroxyl groups is 1. The Morgan fingerprint density at radius 2 is 1.95 bits per heavy atom. The summed E-state index contributed by atoms with van der Waals surface area (Å²) in [5.41, 5.74) is 0. The molecular formula is C12H20F3N3O2. The van der Waals surface area contributed by atoms with Gasteiger partial charge < -0.3 is 15.3 Å². The minimum absolute atomic E-state index is 0.113. The van der Waals surface area contributed by atoms with E-state index in [0.29, 0.717) is 45.6 Å². The molecule has 0 radical (unpaired) electrons. The number of rotatable bonds is 3. The molecule has 2 saturated heterocycles. The normalized spacial score (nSPS) is 26.8. The molecule has 0 saturated carbocycles. The maximum absolute atomic E-state index is 12.4. The first-order valence-electron chi connectivity index (χ1n) is 6.88. The van der Waals surface area contributed by atoms with E-state index in [-0.39, 0.29) is 5.91 Å². The Labute approximate surface area is 115 Å². The van der Waals surface area contributed by atoms with Gasteiger partial charge in [-0.2, -0.15) is 13.2 Å². The number of piperazine rings is 1. The number of hydrogen-bond acceptors (Lipinski definition) is 4. The Hall–Kier alpha value is -0.860. The van der Waals surface area contributed by atoms with Crippen LogP contribution in [0.5, 0.6) is 0 Å². The van der Waals surface area contributed by atoms with Crippen LogP contribution in [0.15, 0.2) is 0 Å². The number of aliphatic hydroxyl groups excluding tert-OH is 1. The molecule has 0 aromatic rings. The van der Waals surface area contributed by atoms with E-state index in [1.807, 2.05) is 0 Å². The van der Waals surface area contributed by atoms with Crippen molar-refractivity contribution in [2.24, 2.45) is 0 Å². The first-order chi connectivity index (χ1) is 9.39. The van der Waals surface area contributed by atoms with Crippen LogP contribution in [0.3, 0.4) is 0 Å². The molecule has 0 aromatic heterocycles. The molecule has 2 atom stereocenters. The lowest BCUT2D eigenvalue weighted by Gasteiger charge is -2.33. The highest BCUT2D eigenvalue weighted by atomic mass is 19.4. The number of carbonyl (C=O) groups excluding carboxylic acids is 1. The third kappa shape index (κ3) is 3.62. The molecular weight excluding hydrogens is 275 g/mol. The highest BCUT2D eigenvalue weighted by Crippen LogP contribution is 2.25. The second-order valence-electron chi connectivity index (χ2n) is 5.29. The first kappa shape index (κ1) is 15.5. The molecule has 0 aromatic carbocycles. The summed E-state index contributed by atoms with van der Waals surface area (Å²) in [4.78, 5) is 15.5. The monoisotopic (exact) mass is 295 g/mol. The molecule has 2 N–H and O–H groups in total. The number of halogens is 3. The van der Waals surface area contributed by atoms with Crippen molar-refractivity contribution in [1.29, 1.82) is 0 Å². The van der Waals surface area contributed by atoms with Crippen LogP contribution >= 0.6 is 0 Å². The van der Waals surface area contributed by atoms with Gasteiger partial charge in [-0.1, -0.05) is 0 Å². The van der Waals surface area contributed by atoms with Gasteiger partial charge in [0.1, 0.15) is 0 Å². The Morgan fingerprint density at radius 1 is 1.30 bits per heavy atom. The van der Waals surface area contributed by atoms with Crippen LogP contribution in [0.2, 0.25) is 0 Å². The molecule has 116 valence electrons. The quantitative estimate of drug-likeness (QED) is 0.757. The lowest BCUT2D eigenvalue weighted by Crippen LogP contribution is -2.54. The second kappa shape index (κ2) is 6.28. The number of amides is 1. The molecule has 2 fully saturated rings. The molecule has 0 spiro atoms. The first-order valence-corrected chi connectivity index (χ1v) is 6.88. The standard InChI is InChI=1S/C12H20F3N3O2/c13-12(14,15)10(19)8-18-5-1-2-9(18)11(20)17-6-3-16-4-7-17/h9-10,16,19H,1-8H2. The fourth-order valence-electron chi connectivity index (χ4n) is 2.75. The van der Waals surface area contributed by atoms with Crippen LogP contribution in [0.4, 0.5) is 13.2 Å². The predicted octanol–water partition coefficient (Wildman–Crippen LogP) is -0.194. The van der Waals surface area contributed by atoms with Crippen LogP contribution in [-0.2, 0) is 4.79 Å². The van der Waals surface area contributed by atoms with Crippen molar-refractivity contribution in [3.05, 3.63) is 0 Å². The Morgan fingerprint density at radius 3 is 2.55 bits per heavy atom. The summed E-state index contributed by atoms with van der Waals surface area (Å²) in [7, 11) is 0. The van der Waals surface area contributed by atoms with Crippen LogP contribution in [0.1, 0.15) is 12.8 Å². The molecule has 1 amide bonds. The summed E-state index contributed by atoms with van der Waals surface area (Å²) >= 11 is 0. The van der Waals surface area contributed by atoms with Crippen molar-refractivity contribution >= 4 is 5.91 Å². The molecule has 0 aliphatic carbocycles. The number of likely N-dealkylation sites (tertiary alicyclic amines) is 1. The molecule has 0 bridgehead atoms. The minimum Gasteiger partial charge on any atom is -0.382 e. The SMILES string of the molecule is O=C(C1CCCN1CC(O)C(F)(F)F)N1CCNCC1. The fourth-order valence-corrected chi connectivity index (χ4v) is 2.75. The molecule has 20 heavy (non-hydrogen) atoms. The summed E-state index contributed by atoms with van der Waals surface area (Å²) < 4.78 is 37.2. The van der Waals surface area contributed by atoms with Crippen molar-refractivity contribution in [1.82, 2.24) is 15.1 Å². The van der Waals surface area contributed by atoms with E-state index in [9.17, 15) is 18.0 Å². The van der Waals surface area contributed by atoms with Crippen molar-refractivity contribution in [2.75, 3.05) is 39.3 Å². The van der Waals surface area contributed by atoms with Gasteiger partial charge in [-0.15, -0.1) is 0 Å². The van der Waals surface area contributed by atoms with Gasteiger partial charge in [-0.25, -0.2) is 0 Å². The number of carbonyl (C=O) groups is 1. The Kier molecular flexibility index (Phi) is 4.87. The van der Waals surface area contributed by atoms with E-state index in [2.05, 4.69) is 5.32 Å². The van der Waals surface area contributed by atoms with Crippen LogP contribution in [0, 0.1) is 0 Å². The zero-order valence-electron chi connectivity index (χ0n) is 11.2. The average Bonchev–Trinajstić information content (AvgIpc) is 2.86. The molecule has 5 nitrogen and oxygen atoms in total. The highest BCUT2D eigenvalue weighted by Gasteiger charge is 2.42. The Balaban J connectivity index is 1.94. The maximum atomic E-state index is 12.4. The van der Waals surface area contributed by atoms with Crippen molar-refractivity contribution in [2.45, 2.75) is 31.2 Å². The summed E-state index contributed by atoms with van der Waals surface area (Å²) in [6.45, 7) is 2.50. The largest absolute Gasteiger partial charge is 0.415 e. The zero-order chi connectivity index (χ0) is 14.8. The van der Waals surface area contributed by atoms with Gasteiger partial charge in [0.05, 0.1) is 6.04 Å². The molecule has 2 aliphatic heterocycles. The average molecular weight is 295 g/mol. The van der Waals surface area contributed by atoms with Gasteiger partial charge in [-0.3, -0.25) is 9.69 Å². The lowest BCUT2D eigenvalue weighted by molar-refractivity contribution is -0.209. The van der Waals surface area contributed by atoms with E-state index < -0.39 is 24.9 Å². The third-order valence-corrected chi connectivity index (χ3v) is 3.86. The smallest absolute Gasteiger partial charge is 0.382 e. The summed E-state index contributed by atoms with van der Waals surface area (Å²) in [6.07, 6.45) is -5.77. The van der Waals surface area contributed by atoms with Gasteiger partial charge >= 0.3 is 6.18 Å². The number of alkyl halides is 3. The second-order valence-corrected chi connectivity index (χ2v) is 5.29. The number of nitrogens with one attached hydrogen (secondary N) is 1. The molecule has 2 aliphatic rings. The van der Waals surface area contributed by atoms with E-state index in [4.69, 9.17) is 5.11 Å². The fraction of sp³-hybridized carbons (Fsp3) is 0.917. The number of hydrogen-bond donors (Lipinski definition) is 2. The minimum atomic E-state index is -4.63. The van der Waals surface area contributed by atoms with Crippen molar-refractivity contribution < 1.29 is 23.1 Å². The summed E-state index contributed by atoms with van der Waals surface area (Å²) in [5, 5.41) is 12.3. The van der Waals surface area contributed by atoms with Gasteiger partial charge in [0.25, 0.3) is 0 Å². The molecule has 8 heteroatoms. The summed E-state index contributed by atoms with van der Waals surface area (Å²) in [5.74, 6) is -0.113. The van der Waals surface area contributed by atoms with Gasteiger partial charge in [0, 0.05) is 32.7 Å². The number of nitrogens with zero attached hydrogens (tertiary/aromatic N) is 2. The van der Waals surface area contributed by atoms with E-state index in [1.54, 1.807) is 4.90 Å². The lowest BCUT2D eigenvalue weighted by atomic mass is 10.1. The molecule has 2 unspecified atom stereocenters. The number of β-amino-alcohol motifs (C(OH)–C–C–N with tert-alkyl or cyclic N) is 1. The topological polar surface area (TPSA) is 55.8 Å². The van der Waals surface area contributed by atoms with Crippen LogP contribution in [0.25, 0.3) is 0 Å². The van der Waals surface area contributed by atoms with E-state index in [0.717, 1.165) is 0 Å². The van der Waals surface area contributed by atoms with Crippen molar-refractivity contribution in [3.63, 3.8) is 0 Å². The van der Waals surface area contributed by atoms with Crippen molar-refractivity contribution in [3.8, 4) is 0 Å². The molecule has 2 rings (SSSR count). The Bertz CT molecular complexity index is 345. The summed E-state index contributed by atoms with van der Waals surface area (Å²) in [6, 6.07) is -0.523. The third-order valence-electron chi connectivity index (χ3n) is 3.86. The zero-order valence-corrected chi connectivity index (χ0v) is 11.2.